The van der Waals surface area contributed by atoms with Gasteiger partial charge in [0.1, 0.15) is 0 Å². The van der Waals surface area contributed by atoms with E-state index < -0.39 is 0 Å². The average Bonchev–Trinajstić information content (AvgIpc) is 1.62. The lowest BCUT2D eigenvalue weighted by Gasteiger charge is -2.06. The lowest BCUT2D eigenvalue weighted by Crippen LogP contribution is -2.21. The molecule has 0 atom stereocenters. The lowest BCUT2D eigenvalue weighted by molar-refractivity contribution is 0.515. The van der Waals surface area contributed by atoms with Gasteiger partial charge in [-0.05, 0) is 12.8 Å². The number of hydrogen-bond donors (Lipinski definition) is 0. The molecule has 1 rings (SSSR count). The Morgan fingerprint density at radius 2 is 1.00 bits per heavy atom. The Labute approximate surface area is 50.7 Å². The summed E-state index contributed by atoms with van der Waals surface area (Å²) in [4.78, 5) is 0. The minimum absolute atomic E-state index is 1.03. The standard InChI is InChI=1S/C6H12N2/c1-3-7-5-2-6-8-4-1/h1-6H2. The summed E-state index contributed by atoms with van der Waals surface area (Å²) in [5, 5.41) is 8.54. The molecule has 1 aliphatic rings. The van der Waals surface area contributed by atoms with Crippen LogP contribution in [-0.4, -0.2) is 26.2 Å². The van der Waals surface area contributed by atoms with Gasteiger partial charge in [0.2, 0.25) is 0 Å². The Bertz CT molecular complexity index is 30.5. The van der Waals surface area contributed by atoms with Crippen molar-refractivity contribution in [3.05, 3.63) is 0 Å². The lowest BCUT2D eigenvalue weighted by atomic mass is 10.3. The molecule has 0 N–H and O–H groups in total. The molecule has 1 aliphatic heterocycles. The van der Waals surface area contributed by atoms with E-state index >= 15 is 0 Å². The second-order valence-corrected chi connectivity index (χ2v) is 2.05. The molecule has 8 heavy (non-hydrogen) atoms. The molecule has 1 saturated heterocycles. The van der Waals surface area contributed by atoms with E-state index in [4.69, 9.17) is 0 Å². The summed E-state index contributed by atoms with van der Waals surface area (Å²) >= 11 is 0. The van der Waals surface area contributed by atoms with Crippen molar-refractivity contribution in [3.63, 3.8) is 0 Å². The van der Waals surface area contributed by atoms with E-state index in [9.17, 15) is 0 Å². The van der Waals surface area contributed by atoms with Crippen molar-refractivity contribution >= 4 is 0 Å². The first kappa shape index (κ1) is 6.05. The third kappa shape index (κ3) is 2.28. The smallest absolute Gasteiger partial charge is 0.0146 e. The Hall–Kier alpha value is -0.0800. The van der Waals surface area contributed by atoms with E-state index in [1.54, 1.807) is 0 Å². The van der Waals surface area contributed by atoms with E-state index in [2.05, 4.69) is 10.6 Å². The van der Waals surface area contributed by atoms with Gasteiger partial charge in [-0.15, -0.1) is 0 Å². The summed E-state index contributed by atoms with van der Waals surface area (Å²) in [6, 6.07) is 0. The van der Waals surface area contributed by atoms with Crippen LogP contribution < -0.4 is 10.6 Å². The molecule has 0 spiro atoms. The topological polar surface area (TPSA) is 28.2 Å². The van der Waals surface area contributed by atoms with E-state index in [0.29, 0.717) is 0 Å². The summed E-state index contributed by atoms with van der Waals surface area (Å²) < 4.78 is 0. The minimum Gasteiger partial charge on any atom is -0.242 e. The molecular formula is C6H12N2. The first-order valence-electron chi connectivity index (χ1n) is 3.26. The molecule has 46 valence electrons. The second kappa shape index (κ2) is 3.87. The van der Waals surface area contributed by atoms with Crippen LogP contribution >= 0.6 is 0 Å². The van der Waals surface area contributed by atoms with Crippen molar-refractivity contribution in [1.29, 1.82) is 0 Å². The zero-order chi connectivity index (χ0) is 5.66. The number of nitrogens with zero attached hydrogens (tertiary/aromatic N) is 2. The zero-order valence-electron chi connectivity index (χ0n) is 5.14. The van der Waals surface area contributed by atoms with Gasteiger partial charge in [0, 0.05) is 26.2 Å². The van der Waals surface area contributed by atoms with E-state index in [-0.39, 0.29) is 0 Å². The van der Waals surface area contributed by atoms with Gasteiger partial charge < -0.3 is 0 Å². The average molecular weight is 112 g/mol. The molecule has 1 fully saturated rings. The van der Waals surface area contributed by atoms with Crippen molar-refractivity contribution in [2.75, 3.05) is 26.2 Å². The highest BCUT2D eigenvalue weighted by molar-refractivity contribution is 4.56. The van der Waals surface area contributed by atoms with Gasteiger partial charge in [-0.3, -0.25) is 0 Å². The third-order valence-corrected chi connectivity index (χ3v) is 1.26. The maximum Gasteiger partial charge on any atom is 0.0146 e. The van der Waals surface area contributed by atoms with Gasteiger partial charge in [0.25, 0.3) is 0 Å². The van der Waals surface area contributed by atoms with Gasteiger partial charge in [-0.25, -0.2) is 10.6 Å². The largest absolute Gasteiger partial charge is 0.242 e. The van der Waals surface area contributed by atoms with E-state index in [1.807, 2.05) is 0 Å². The zero-order valence-corrected chi connectivity index (χ0v) is 5.14. The molecule has 0 saturated carbocycles. The van der Waals surface area contributed by atoms with E-state index in [0.717, 1.165) is 26.2 Å². The summed E-state index contributed by atoms with van der Waals surface area (Å²) in [5.41, 5.74) is 0. The summed E-state index contributed by atoms with van der Waals surface area (Å²) in [6.45, 7) is 4.12. The molecule has 0 aromatic rings. The van der Waals surface area contributed by atoms with Crippen LogP contribution in [0.2, 0.25) is 0 Å². The summed E-state index contributed by atoms with van der Waals surface area (Å²) in [5.74, 6) is 0. The van der Waals surface area contributed by atoms with Crippen molar-refractivity contribution < 1.29 is 0 Å². The van der Waals surface area contributed by atoms with Crippen molar-refractivity contribution in [2.45, 2.75) is 12.8 Å². The van der Waals surface area contributed by atoms with Crippen LogP contribution in [0.3, 0.4) is 0 Å². The molecule has 0 aromatic heterocycles. The highest BCUT2D eigenvalue weighted by atomic mass is 14.9. The van der Waals surface area contributed by atoms with Crippen LogP contribution in [0.25, 0.3) is 0 Å². The molecule has 0 bridgehead atoms. The molecule has 2 radical (unpaired) electrons. The Morgan fingerprint density at radius 3 is 1.38 bits per heavy atom. The van der Waals surface area contributed by atoms with Crippen LogP contribution in [0.5, 0.6) is 0 Å². The Balaban J connectivity index is 2.00. The maximum atomic E-state index is 4.27. The van der Waals surface area contributed by atoms with Crippen LogP contribution in [0, 0.1) is 0 Å². The fraction of sp³-hybridized carbons (Fsp3) is 1.00. The summed E-state index contributed by atoms with van der Waals surface area (Å²) in [6.07, 6.45) is 2.33. The van der Waals surface area contributed by atoms with Crippen molar-refractivity contribution in [3.8, 4) is 0 Å². The highest BCUT2D eigenvalue weighted by Gasteiger charge is 1.95. The Morgan fingerprint density at radius 1 is 0.625 bits per heavy atom. The molecule has 2 heteroatoms. The predicted molar refractivity (Wildman–Crippen MR) is 33.0 cm³/mol. The Kier molecular flexibility index (Phi) is 2.92. The number of rotatable bonds is 0. The fourth-order valence-electron chi connectivity index (χ4n) is 0.812. The molecule has 0 amide bonds. The molecule has 0 aliphatic carbocycles. The monoisotopic (exact) mass is 112 g/mol. The predicted octanol–water partition coefficient (Wildman–Crippen LogP) is -0.0110. The maximum absolute atomic E-state index is 4.27. The van der Waals surface area contributed by atoms with Gasteiger partial charge in [0.15, 0.2) is 0 Å². The molecular weight excluding hydrogens is 100 g/mol. The number of hydrogen-bond acceptors (Lipinski definition) is 0. The van der Waals surface area contributed by atoms with Crippen LogP contribution in [0.1, 0.15) is 12.8 Å². The van der Waals surface area contributed by atoms with Crippen LogP contribution in [0.15, 0.2) is 0 Å². The SMILES string of the molecule is C1C[N]CCC[N]C1. The fourth-order valence-corrected chi connectivity index (χ4v) is 0.812. The van der Waals surface area contributed by atoms with Gasteiger partial charge in [0.05, 0.1) is 0 Å². The minimum atomic E-state index is 1.03. The van der Waals surface area contributed by atoms with Gasteiger partial charge >= 0.3 is 0 Å². The van der Waals surface area contributed by atoms with Gasteiger partial charge in [-0.2, -0.15) is 0 Å². The molecule has 0 unspecified atom stereocenters. The normalized spacial score (nSPS) is 24.0. The molecule has 2 nitrogen and oxygen atoms in total. The molecule has 1 heterocycles. The first-order valence-corrected chi connectivity index (χ1v) is 3.26. The van der Waals surface area contributed by atoms with E-state index in [1.165, 1.54) is 12.8 Å². The third-order valence-electron chi connectivity index (χ3n) is 1.26. The van der Waals surface area contributed by atoms with Crippen molar-refractivity contribution in [2.24, 2.45) is 0 Å². The summed E-state index contributed by atoms with van der Waals surface area (Å²) in [7, 11) is 0. The van der Waals surface area contributed by atoms with Crippen LogP contribution in [0.4, 0.5) is 0 Å². The second-order valence-electron chi connectivity index (χ2n) is 2.05. The first-order chi connectivity index (χ1) is 4.00. The van der Waals surface area contributed by atoms with Gasteiger partial charge in [-0.1, -0.05) is 0 Å². The quantitative estimate of drug-likeness (QED) is 0.421. The molecule has 0 aromatic carbocycles. The van der Waals surface area contributed by atoms with Crippen LogP contribution in [-0.2, 0) is 0 Å². The highest BCUT2D eigenvalue weighted by Crippen LogP contribution is 1.84. The van der Waals surface area contributed by atoms with Crippen molar-refractivity contribution in [1.82, 2.24) is 10.6 Å².